The molecule has 0 aromatic heterocycles. The first kappa shape index (κ1) is 12.9. The number of hydrogen-bond acceptors (Lipinski definition) is 4. The largest absolute Gasteiger partial charge is 0.464 e. The maximum Gasteiger partial charge on any atom is 0.309 e. The summed E-state index contributed by atoms with van der Waals surface area (Å²) in [5, 5.41) is 3.95. The molecule has 4 nitrogen and oxygen atoms in total. The average Bonchev–Trinajstić information content (AvgIpc) is 2.29. The Hall–Kier alpha value is -0.130. The Morgan fingerprint density at radius 2 is 2.20 bits per heavy atom. The van der Waals surface area contributed by atoms with Crippen LogP contribution in [0.4, 0.5) is 0 Å². The molecule has 0 bridgehead atoms. The zero-order valence-corrected chi connectivity index (χ0v) is 10.8. The fraction of sp³-hybridized carbons (Fsp3) is 0.900. The van der Waals surface area contributed by atoms with E-state index in [4.69, 9.17) is 4.74 Å². The van der Waals surface area contributed by atoms with Gasteiger partial charge in [-0.05, 0) is 0 Å². The van der Waals surface area contributed by atoms with E-state index < -0.39 is 0 Å². The number of hydrogen-bond donors (Lipinski definition) is 1. The van der Waals surface area contributed by atoms with Crippen molar-refractivity contribution in [3.63, 3.8) is 0 Å². The minimum absolute atomic E-state index is 0.0481. The predicted molar refractivity (Wildman–Crippen MR) is 63.2 cm³/mol. The van der Waals surface area contributed by atoms with E-state index in [9.17, 15) is 4.79 Å². The van der Waals surface area contributed by atoms with Crippen molar-refractivity contribution in [2.24, 2.45) is 5.92 Å². The van der Waals surface area contributed by atoms with Gasteiger partial charge < -0.3 is 10.1 Å². The number of piperazine rings is 1. The molecule has 1 saturated heterocycles. The summed E-state index contributed by atoms with van der Waals surface area (Å²) in [6, 6.07) is 0. The van der Waals surface area contributed by atoms with Crippen LogP contribution in [-0.4, -0.2) is 55.5 Å². The number of carbonyl (C=O) groups is 1. The number of nitrogens with one attached hydrogen (secondary N) is 1. The molecule has 1 rings (SSSR count). The molecule has 15 heavy (non-hydrogen) atoms. The van der Waals surface area contributed by atoms with Gasteiger partial charge in [-0.2, -0.15) is 0 Å². The van der Waals surface area contributed by atoms with Crippen molar-refractivity contribution in [1.82, 2.24) is 10.2 Å². The Bertz CT molecular complexity index is 196. The quantitative estimate of drug-likeness (QED) is 0.586. The second kappa shape index (κ2) is 7.19. The first-order valence-corrected chi connectivity index (χ1v) is 6.52. The molecule has 5 heteroatoms. The Morgan fingerprint density at radius 1 is 1.53 bits per heavy atom. The monoisotopic (exact) mass is 278 g/mol. The van der Waals surface area contributed by atoms with E-state index >= 15 is 0 Å². The smallest absolute Gasteiger partial charge is 0.309 e. The number of nitrogens with zero attached hydrogens (tertiary/aromatic N) is 1. The maximum atomic E-state index is 11.3. The number of rotatable bonds is 5. The lowest BCUT2D eigenvalue weighted by Crippen LogP contribution is -2.44. The van der Waals surface area contributed by atoms with Crippen LogP contribution in [0, 0.1) is 5.92 Å². The highest BCUT2D eigenvalue weighted by atomic mass is 79.9. The zero-order chi connectivity index (χ0) is 11.1. The van der Waals surface area contributed by atoms with Gasteiger partial charge in [0, 0.05) is 38.1 Å². The van der Waals surface area contributed by atoms with Crippen LogP contribution in [-0.2, 0) is 9.53 Å². The van der Waals surface area contributed by atoms with Crippen LogP contribution in [0.2, 0.25) is 0 Å². The molecule has 0 aromatic carbocycles. The van der Waals surface area contributed by atoms with Gasteiger partial charge in [-0.1, -0.05) is 22.9 Å². The van der Waals surface area contributed by atoms with Crippen molar-refractivity contribution in [2.75, 3.05) is 44.7 Å². The highest BCUT2D eigenvalue weighted by Crippen LogP contribution is 2.02. The Labute approximate surface area is 99.5 Å². The molecule has 1 N–H and O–H groups in total. The lowest BCUT2D eigenvalue weighted by molar-refractivity contribution is -0.147. The van der Waals surface area contributed by atoms with Crippen LogP contribution >= 0.6 is 15.9 Å². The molecule has 1 heterocycles. The number of carbonyl (C=O) groups excluding carboxylic acids is 1. The van der Waals surface area contributed by atoms with Gasteiger partial charge in [-0.3, -0.25) is 9.69 Å². The molecule has 0 aromatic rings. The molecule has 1 aliphatic heterocycles. The zero-order valence-electron chi connectivity index (χ0n) is 9.17. The topological polar surface area (TPSA) is 41.6 Å². The SMILES string of the molecule is CC(CBr)C(=O)OCCN1CCNCC1. The summed E-state index contributed by atoms with van der Waals surface area (Å²) >= 11 is 3.26. The Kier molecular flexibility index (Phi) is 6.20. The molecule has 1 unspecified atom stereocenters. The van der Waals surface area contributed by atoms with Crippen LogP contribution in [0.5, 0.6) is 0 Å². The van der Waals surface area contributed by atoms with Gasteiger partial charge in [-0.25, -0.2) is 0 Å². The van der Waals surface area contributed by atoms with E-state index in [1.807, 2.05) is 6.92 Å². The highest BCUT2D eigenvalue weighted by Gasteiger charge is 2.14. The Morgan fingerprint density at radius 3 is 2.80 bits per heavy atom. The summed E-state index contributed by atoms with van der Waals surface area (Å²) in [6.07, 6.45) is 0. The fourth-order valence-corrected chi connectivity index (χ4v) is 1.68. The lowest BCUT2D eigenvalue weighted by atomic mass is 10.2. The molecular weight excluding hydrogens is 260 g/mol. The molecule has 0 radical (unpaired) electrons. The van der Waals surface area contributed by atoms with Gasteiger partial charge in [0.1, 0.15) is 6.61 Å². The molecule has 1 atom stereocenters. The summed E-state index contributed by atoms with van der Waals surface area (Å²) in [6.45, 7) is 7.38. The third-order valence-corrected chi connectivity index (χ3v) is 3.47. The summed E-state index contributed by atoms with van der Waals surface area (Å²) < 4.78 is 5.17. The van der Waals surface area contributed by atoms with Crippen LogP contribution in [0.3, 0.4) is 0 Å². The minimum atomic E-state index is -0.109. The van der Waals surface area contributed by atoms with Crippen molar-refractivity contribution in [2.45, 2.75) is 6.92 Å². The van der Waals surface area contributed by atoms with E-state index in [0.717, 1.165) is 32.7 Å². The van der Waals surface area contributed by atoms with Gasteiger partial charge in [0.2, 0.25) is 0 Å². The van der Waals surface area contributed by atoms with E-state index in [1.54, 1.807) is 0 Å². The summed E-state index contributed by atoms with van der Waals surface area (Å²) in [5.74, 6) is -0.157. The summed E-state index contributed by atoms with van der Waals surface area (Å²) in [5.41, 5.74) is 0. The third-order valence-electron chi connectivity index (χ3n) is 2.50. The normalized spacial score (nSPS) is 19.9. The van der Waals surface area contributed by atoms with Gasteiger partial charge in [-0.15, -0.1) is 0 Å². The minimum Gasteiger partial charge on any atom is -0.464 e. The van der Waals surface area contributed by atoms with E-state index in [-0.39, 0.29) is 11.9 Å². The molecule has 0 spiro atoms. The maximum absolute atomic E-state index is 11.3. The molecule has 1 fully saturated rings. The van der Waals surface area contributed by atoms with Crippen molar-refractivity contribution in [3.8, 4) is 0 Å². The van der Waals surface area contributed by atoms with Gasteiger partial charge >= 0.3 is 5.97 Å². The summed E-state index contributed by atoms with van der Waals surface area (Å²) in [7, 11) is 0. The second-order valence-electron chi connectivity index (χ2n) is 3.81. The number of halogens is 1. The molecule has 0 aliphatic carbocycles. The number of esters is 1. The lowest BCUT2D eigenvalue weighted by Gasteiger charge is -2.26. The second-order valence-corrected chi connectivity index (χ2v) is 4.46. The van der Waals surface area contributed by atoms with Crippen LogP contribution in [0.15, 0.2) is 0 Å². The predicted octanol–water partition coefficient (Wildman–Crippen LogP) is 0.466. The first-order valence-electron chi connectivity index (χ1n) is 5.39. The molecule has 0 amide bonds. The molecule has 88 valence electrons. The number of alkyl halides is 1. The number of ether oxygens (including phenoxy) is 1. The molecule has 1 aliphatic rings. The van der Waals surface area contributed by atoms with Crippen LogP contribution < -0.4 is 5.32 Å². The average molecular weight is 279 g/mol. The van der Waals surface area contributed by atoms with E-state index in [0.29, 0.717) is 11.9 Å². The van der Waals surface area contributed by atoms with Crippen LogP contribution in [0.1, 0.15) is 6.92 Å². The van der Waals surface area contributed by atoms with E-state index in [2.05, 4.69) is 26.1 Å². The van der Waals surface area contributed by atoms with Crippen molar-refractivity contribution in [1.29, 1.82) is 0 Å². The van der Waals surface area contributed by atoms with Crippen molar-refractivity contribution >= 4 is 21.9 Å². The van der Waals surface area contributed by atoms with E-state index in [1.165, 1.54) is 0 Å². The fourth-order valence-electron chi connectivity index (χ4n) is 1.42. The third kappa shape index (κ3) is 4.95. The van der Waals surface area contributed by atoms with Gasteiger partial charge in [0.05, 0.1) is 5.92 Å². The van der Waals surface area contributed by atoms with Crippen molar-refractivity contribution in [3.05, 3.63) is 0 Å². The van der Waals surface area contributed by atoms with Gasteiger partial charge in [0.25, 0.3) is 0 Å². The standard InChI is InChI=1S/C10H19BrN2O2/c1-9(8-11)10(14)15-7-6-13-4-2-12-3-5-13/h9,12H,2-8H2,1H3. The van der Waals surface area contributed by atoms with Crippen molar-refractivity contribution < 1.29 is 9.53 Å². The molecular formula is C10H19BrN2O2. The highest BCUT2D eigenvalue weighted by molar-refractivity contribution is 9.09. The first-order chi connectivity index (χ1) is 7.24. The summed E-state index contributed by atoms with van der Waals surface area (Å²) in [4.78, 5) is 13.6. The molecule has 0 saturated carbocycles. The Balaban J connectivity index is 2.07. The van der Waals surface area contributed by atoms with Crippen LogP contribution in [0.25, 0.3) is 0 Å². The van der Waals surface area contributed by atoms with Gasteiger partial charge in [0.15, 0.2) is 0 Å².